The maximum Gasteiger partial charge on any atom is 0.469 e. The van der Waals surface area contributed by atoms with Gasteiger partial charge in [0.15, 0.2) is 6.10 Å². The van der Waals surface area contributed by atoms with Crippen molar-refractivity contribution in [2.24, 2.45) is 0 Å². The Morgan fingerprint density at radius 2 is 1.26 bits per heavy atom. The lowest BCUT2D eigenvalue weighted by Crippen LogP contribution is -2.29. The molecule has 0 unspecified atom stereocenters. The summed E-state index contributed by atoms with van der Waals surface area (Å²) in [5.41, 5.74) is 0. The van der Waals surface area contributed by atoms with Crippen molar-refractivity contribution < 1.29 is 48.2 Å². The van der Waals surface area contributed by atoms with Crippen LogP contribution >= 0.6 is 7.82 Å². The van der Waals surface area contributed by atoms with Crippen molar-refractivity contribution in [1.29, 1.82) is 0 Å². The SMILES string of the molecule is CCCCCCCC(=O)O[C@H](COC(=O)CCC[C@@H](O)/C=C/C=C\C/C=C\C=C\[C@@H](O)CCCCC)COP(=O)(O)O. The molecule has 0 saturated carbocycles. The monoisotopic (exact) mass is 616 g/mol. The van der Waals surface area contributed by atoms with E-state index in [4.69, 9.17) is 19.3 Å². The Morgan fingerprint density at radius 1 is 0.714 bits per heavy atom. The topological polar surface area (TPSA) is 160 Å². The van der Waals surface area contributed by atoms with Crippen molar-refractivity contribution in [3.63, 3.8) is 0 Å². The molecule has 11 heteroatoms. The quantitative estimate of drug-likeness (QED) is 0.0393. The first kappa shape index (κ1) is 39.9. The molecule has 0 rings (SSSR count). The van der Waals surface area contributed by atoms with E-state index in [9.17, 15) is 24.4 Å². The maximum absolute atomic E-state index is 12.1. The molecule has 0 saturated heterocycles. The fourth-order valence-electron chi connectivity index (χ4n) is 3.70. The number of aliphatic hydroxyl groups is 2. The molecule has 242 valence electrons. The first-order valence-electron chi connectivity index (χ1n) is 15.1. The summed E-state index contributed by atoms with van der Waals surface area (Å²) in [7, 11) is -4.79. The first-order valence-corrected chi connectivity index (χ1v) is 16.7. The highest BCUT2D eigenvalue weighted by Gasteiger charge is 2.23. The maximum atomic E-state index is 12.1. The van der Waals surface area contributed by atoms with Crippen LogP contribution in [0.4, 0.5) is 0 Å². The predicted molar refractivity (Wildman–Crippen MR) is 163 cm³/mol. The van der Waals surface area contributed by atoms with Gasteiger partial charge in [-0.15, -0.1) is 0 Å². The number of rotatable bonds is 26. The number of carbonyl (C=O) groups excluding carboxylic acids is 2. The van der Waals surface area contributed by atoms with Crippen LogP contribution < -0.4 is 0 Å². The molecule has 0 aromatic carbocycles. The molecular formula is C31H53O10P. The fraction of sp³-hybridized carbons (Fsp3) is 0.677. The van der Waals surface area contributed by atoms with Gasteiger partial charge in [-0.1, -0.05) is 107 Å². The van der Waals surface area contributed by atoms with Gasteiger partial charge in [0, 0.05) is 12.8 Å². The average molecular weight is 617 g/mol. The van der Waals surface area contributed by atoms with E-state index >= 15 is 0 Å². The summed E-state index contributed by atoms with van der Waals surface area (Å²) in [6.07, 6.45) is 22.6. The molecule has 42 heavy (non-hydrogen) atoms. The third-order valence-electron chi connectivity index (χ3n) is 6.06. The molecule has 3 atom stereocenters. The van der Waals surface area contributed by atoms with Crippen LogP contribution in [0.25, 0.3) is 0 Å². The van der Waals surface area contributed by atoms with Gasteiger partial charge in [0.25, 0.3) is 0 Å². The summed E-state index contributed by atoms with van der Waals surface area (Å²) in [5.74, 6) is -1.14. The molecular weight excluding hydrogens is 563 g/mol. The van der Waals surface area contributed by atoms with Gasteiger partial charge in [-0.25, -0.2) is 4.57 Å². The molecule has 0 amide bonds. The van der Waals surface area contributed by atoms with Crippen LogP contribution in [-0.4, -0.2) is 63.5 Å². The molecule has 4 N–H and O–H groups in total. The summed E-state index contributed by atoms with van der Waals surface area (Å²) in [6, 6.07) is 0. The number of carbonyl (C=O) groups is 2. The van der Waals surface area contributed by atoms with Crippen molar-refractivity contribution in [3.05, 3.63) is 48.6 Å². The lowest BCUT2D eigenvalue weighted by atomic mass is 10.1. The predicted octanol–water partition coefficient (Wildman–Crippen LogP) is 6.00. The number of unbranched alkanes of at least 4 members (excludes halogenated alkanes) is 6. The molecule has 0 aliphatic rings. The number of allylic oxidation sites excluding steroid dienone is 6. The average Bonchev–Trinajstić information content (AvgIpc) is 2.93. The zero-order valence-electron chi connectivity index (χ0n) is 25.4. The number of hydrogen-bond donors (Lipinski definition) is 4. The van der Waals surface area contributed by atoms with E-state index in [1.807, 2.05) is 30.4 Å². The number of phosphoric ester groups is 1. The van der Waals surface area contributed by atoms with E-state index in [-0.39, 0.29) is 12.8 Å². The molecule has 0 spiro atoms. The fourth-order valence-corrected chi connectivity index (χ4v) is 4.06. The minimum absolute atomic E-state index is 0.0177. The minimum atomic E-state index is -4.79. The molecule has 0 aliphatic heterocycles. The number of aliphatic hydroxyl groups excluding tert-OH is 2. The number of esters is 2. The Balaban J connectivity index is 4.29. The Labute approximate surface area is 251 Å². The van der Waals surface area contributed by atoms with Crippen LogP contribution in [0.5, 0.6) is 0 Å². The second kappa shape index (κ2) is 26.5. The van der Waals surface area contributed by atoms with Gasteiger partial charge in [0.1, 0.15) is 6.61 Å². The van der Waals surface area contributed by atoms with Gasteiger partial charge in [-0.05, 0) is 32.1 Å². The zero-order chi connectivity index (χ0) is 31.5. The standard InChI is InChI=1S/C31H53O10P/c1-3-5-7-11-17-23-31(35)41-29(26-40-42(36,37)38)25-39-30(34)24-18-22-28(33)21-16-13-10-8-9-12-15-20-27(32)19-14-6-4-2/h9-10,12-13,15-16,20-21,27-29,32-33H,3-8,11,14,17-19,22-26H2,1-2H3,(H2,36,37,38)/b12-9-,13-10-,20-15+,21-16+/t27-,28-,29+/m0/s1. The van der Waals surface area contributed by atoms with Crippen LogP contribution in [0.15, 0.2) is 48.6 Å². The van der Waals surface area contributed by atoms with Crippen molar-refractivity contribution in [2.45, 2.75) is 122 Å². The molecule has 0 bridgehead atoms. The third kappa shape index (κ3) is 28.1. The molecule has 0 aliphatic carbocycles. The number of ether oxygens (including phenoxy) is 2. The van der Waals surface area contributed by atoms with Gasteiger partial charge in [0.2, 0.25) is 0 Å². The first-order chi connectivity index (χ1) is 20.1. The van der Waals surface area contributed by atoms with E-state index in [1.165, 1.54) is 0 Å². The largest absolute Gasteiger partial charge is 0.469 e. The van der Waals surface area contributed by atoms with Gasteiger partial charge >= 0.3 is 19.8 Å². The molecule has 0 heterocycles. The van der Waals surface area contributed by atoms with E-state index in [2.05, 4.69) is 18.4 Å². The summed E-state index contributed by atoms with van der Waals surface area (Å²) >= 11 is 0. The molecule has 10 nitrogen and oxygen atoms in total. The van der Waals surface area contributed by atoms with E-state index < -0.39 is 51.3 Å². The van der Waals surface area contributed by atoms with Crippen LogP contribution in [-0.2, 0) is 28.2 Å². The van der Waals surface area contributed by atoms with Gasteiger partial charge in [0.05, 0.1) is 18.8 Å². The lowest BCUT2D eigenvalue weighted by molar-refractivity contribution is -0.161. The van der Waals surface area contributed by atoms with Crippen molar-refractivity contribution in [2.75, 3.05) is 13.2 Å². The van der Waals surface area contributed by atoms with Crippen LogP contribution in [0, 0.1) is 0 Å². The third-order valence-corrected chi connectivity index (χ3v) is 6.54. The normalized spacial score (nSPS) is 14.7. The van der Waals surface area contributed by atoms with Crippen LogP contribution in [0.2, 0.25) is 0 Å². The number of hydrogen-bond acceptors (Lipinski definition) is 8. The minimum Gasteiger partial charge on any atom is -0.462 e. The van der Waals surface area contributed by atoms with Gasteiger partial charge in [-0.2, -0.15) is 0 Å². The highest BCUT2D eigenvalue weighted by molar-refractivity contribution is 7.46. The van der Waals surface area contributed by atoms with E-state index in [0.717, 1.165) is 51.4 Å². The zero-order valence-corrected chi connectivity index (χ0v) is 26.2. The molecule has 0 radical (unpaired) electrons. The molecule has 0 aromatic rings. The Bertz CT molecular complexity index is 862. The van der Waals surface area contributed by atoms with Crippen molar-refractivity contribution in [3.8, 4) is 0 Å². The second-order valence-electron chi connectivity index (χ2n) is 10.1. The Hall–Kier alpha value is -2.07. The highest BCUT2D eigenvalue weighted by atomic mass is 31.2. The van der Waals surface area contributed by atoms with Crippen LogP contribution in [0.3, 0.4) is 0 Å². The Kier molecular flexibility index (Phi) is 25.2. The highest BCUT2D eigenvalue weighted by Crippen LogP contribution is 2.35. The van der Waals surface area contributed by atoms with Gasteiger partial charge in [-0.3, -0.25) is 14.1 Å². The summed E-state index contributed by atoms with van der Waals surface area (Å²) in [5, 5.41) is 19.9. The smallest absolute Gasteiger partial charge is 0.462 e. The van der Waals surface area contributed by atoms with Crippen molar-refractivity contribution in [1.82, 2.24) is 0 Å². The lowest BCUT2D eigenvalue weighted by Gasteiger charge is -2.18. The Morgan fingerprint density at radius 3 is 1.86 bits per heavy atom. The molecule has 0 aromatic heterocycles. The van der Waals surface area contributed by atoms with Crippen LogP contribution in [0.1, 0.15) is 104 Å². The van der Waals surface area contributed by atoms with E-state index in [1.54, 1.807) is 18.2 Å². The van der Waals surface area contributed by atoms with Gasteiger partial charge < -0.3 is 29.5 Å². The summed E-state index contributed by atoms with van der Waals surface area (Å²) in [6.45, 7) is 3.22. The van der Waals surface area contributed by atoms with Crippen molar-refractivity contribution >= 4 is 19.8 Å². The second-order valence-corrected chi connectivity index (χ2v) is 11.4. The summed E-state index contributed by atoms with van der Waals surface area (Å²) < 4.78 is 25.8. The number of phosphoric acid groups is 1. The van der Waals surface area contributed by atoms with E-state index in [0.29, 0.717) is 25.7 Å². The summed E-state index contributed by atoms with van der Waals surface area (Å²) in [4.78, 5) is 42.1. The molecule has 0 fully saturated rings.